The molecule has 0 aliphatic carbocycles. The van der Waals surface area contributed by atoms with Crippen molar-refractivity contribution in [2.45, 2.75) is 19.9 Å². The molecule has 0 aliphatic rings. The molecule has 0 fully saturated rings. The molecule has 1 amide bonds. The van der Waals surface area contributed by atoms with Gasteiger partial charge in [0, 0.05) is 6.42 Å². The third-order valence-corrected chi connectivity index (χ3v) is 4.34. The van der Waals surface area contributed by atoms with Gasteiger partial charge in [-0.1, -0.05) is 47.4 Å². The van der Waals surface area contributed by atoms with Gasteiger partial charge < -0.3 is 4.57 Å². The van der Waals surface area contributed by atoms with E-state index < -0.39 is 0 Å². The molecular formula is C13H10Cl2N2OS. The first-order valence-electron chi connectivity index (χ1n) is 5.56. The Morgan fingerprint density at radius 3 is 2.89 bits per heavy atom. The number of carbonyl (C=O) groups is 1. The first-order chi connectivity index (χ1) is 9.08. The fourth-order valence-electron chi connectivity index (χ4n) is 1.61. The number of fused-ring (bicyclic) bond motifs is 1. The van der Waals surface area contributed by atoms with Gasteiger partial charge >= 0.3 is 0 Å². The van der Waals surface area contributed by atoms with E-state index >= 15 is 0 Å². The molecule has 0 bridgehead atoms. The summed E-state index contributed by atoms with van der Waals surface area (Å²) in [5, 5.41) is 0.877. The first-order valence-corrected chi connectivity index (χ1v) is 7.14. The Balaban J connectivity index is 2.83. The maximum absolute atomic E-state index is 11.5. The minimum Gasteiger partial charge on any atom is -0.303 e. The molecule has 6 heteroatoms. The van der Waals surface area contributed by atoms with E-state index in [4.69, 9.17) is 29.6 Å². The molecule has 0 unspecified atom stereocenters. The van der Waals surface area contributed by atoms with Crippen molar-refractivity contribution in [3.63, 3.8) is 0 Å². The zero-order valence-corrected chi connectivity index (χ0v) is 12.4. The smallest absolute Gasteiger partial charge is 0.248 e. The number of thiazole rings is 1. The van der Waals surface area contributed by atoms with E-state index in [2.05, 4.69) is 10.9 Å². The van der Waals surface area contributed by atoms with Crippen molar-refractivity contribution in [3.05, 3.63) is 27.0 Å². The maximum Gasteiger partial charge on any atom is 0.248 e. The number of terminal acetylenes is 1. The van der Waals surface area contributed by atoms with Gasteiger partial charge in [-0.15, -0.1) is 6.42 Å². The van der Waals surface area contributed by atoms with E-state index in [1.165, 1.54) is 11.3 Å². The molecule has 1 aromatic carbocycles. The minimum absolute atomic E-state index is 0.195. The number of benzene rings is 1. The van der Waals surface area contributed by atoms with Crippen molar-refractivity contribution in [3.8, 4) is 12.3 Å². The van der Waals surface area contributed by atoms with E-state index in [-0.39, 0.29) is 12.5 Å². The Labute approximate surface area is 124 Å². The molecule has 1 heterocycles. The van der Waals surface area contributed by atoms with Crippen molar-refractivity contribution >= 4 is 50.7 Å². The molecule has 3 nitrogen and oxygen atoms in total. The average molecular weight is 313 g/mol. The summed E-state index contributed by atoms with van der Waals surface area (Å²) < 4.78 is 2.63. The standard InChI is InChI=1S/C13H10Cl2N2OS/c1-3-7-17-12-9(6-5-8(14)11(12)15)19-13(17)16-10(18)4-2/h1,5-6H,4,7H2,2H3. The molecule has 0 N–H and O–H groups in total. The highest BCUT2D eigenvalue weighted by molar-refractivity contribution is 7.16. The molecule has 0 saturated carbocycles. The van der Waals surface area contributed by atoms with E-state index in [9.17, 15) is 4.79 Å². The van der Waals surface area contributed by atoms with Crippen LogP contribution in [0.5, 0.6) is 0 Å². The minimum atomic E-state index is -0.195. The predicted octanol–water partition coefficient (Wildman–Crippen LogP) is 3.48. The number of amides is 1. The number of carbonyl (C=O) groups excluding carboxylic acids is 1. The lowest BCUT2D eigenvalue weighted by atomic mass is 10.3. The molecule has 0 atom stereocenters. The molecule has 2 aromatic rings. The molecule has 0 saturated heterocycles. The van der Waals surface area contributed by atoms with Gasteiger partial charge in [-0.2, -0.15) is 4.99 Å². The summed E-state index contributed by atoms with van der Waals surface area (Å²) in [7, 11) is 0. The molecule has 98 valence electrons. The zero-order valence-electron chi connectivity index (χ0n) is 10.1. The van der Waals surface area contributed by atoms with Crippen LogP contribution >= 0.6 is 34.5 Å². The highest BCUT2D eigenvalue weighted by Gasteiger charge is 2.12. The topological polar surface area (TPSA) is 34.4 Å². The Bertz CT molecular complexity index is 752. The van der Waals surface area contributed by atoms with Crippen molar-refractivity contribution < 1.29 is 4.79 Å². The quantitative estimate of drug-likeness (QED) is 0.782. The van der Waals surface area contributed by atoms with Gasteiger partial charge in [-0.3, -0.25) is 4.79 Å². The highest BCUT2D eigenvalue weighted by atomic mass is 35.5. The van der Waals surface area contributed by atoms with E-state index in [1.807, 2.05) is 6.07 Å². The number of rotatable bonds is 2. The number of nitrogens with zero attached hydrogens (tertiary/aromatic N) is 2. The second-order valence-electron chi connectivity index (χ2n) is 3.74. The van der Waals surface area contributed by atoms with Gasteiger partial charge in [0.15, 0.2) is 4.80 Å². The van der Waals surface area contributed by atoms with Crippen molar-refractivity contribution in [2.24, 2.45) is 4.99 Å². The summed E-state index contributed by atoms with van der Waals surface area (Å²) in [5.74, 6) is 2.34. The molecule has 0 aliphatic heterocycles. The van der Waals surface area contributed by atoms with E-state index in [0.717, 1.165) is 10.2 Å². The van der Waals surface area contributed by atoms with Crippen molar-refractivity contribution in [1.29, 1.82) is 0 Å². The summed E-state index contributed by atoms with van der Waals surface area (Å²) in [6.45, 7) is 2.05. The molecule has 1 aromatic heterocycles. The molecular weight excluding hydrogens is 303 g/mol. The largest absolute Gasteiger partial charge is 0.303 e. The normalized spacial score (nSPS) is 11.8. The lowest BCUT2D eigenvalue weighted by Gasteiger charge is -2.02. The van der Waals surface area contributed by atoms with Gasteiger partial charge in [0.05, 0.1) is 26.8 Å². The number of aromatic nitrogens is 1. The third-order valence-electron chi connectivity index (χ3n) is 2.51. The Hall–Kier alpha value is -1.28. The Morgan fingerprint density at radius 2 is 2.26 bits per heavy atom. The van der Waals surface area contributed by atoms with Crippen LogP contribution in [0, 0.1) is 12.3 Å². The lowest BCUT2D eigenvalue weighted by Crippen LogP contribution is -2.16. The van der Waals surface area contributed by atoms with E-state index in [0.29, 0.717) is 21.3 Å². The molecule has 0 radical (unpaired) electrons. The highest BCUT2D eigenvalue weighted by Crippen LogP contribution is 2.31. The summed E-state index contributed by atoms with van der Waals surface area (Å²) in [4.78, 5) is 16.1. The lowest BCUT2D eigenvalue weighted by molar-refractivity contribution is -0.117. The summed E-state index contributed by atoms with van der Waals surface area (Å²) in [6.07, 6.45) is 5.71. The Morgan fingerprint density at radius 1 is 1.53 bits per heavy atom. The summed E-state index contributed by atoms with van der Waals surface area (Å²) in [5.41, 5.74) is 0.722. The van der Waals surface area contributed by atoms with Gasteiger partial charge in [0.2, 0.25) is 5.91 Å². The molecule has 19 heavy (non-hydrogen) atoms. The fourth-order valence-corrected chi connectivity index (χ4v) is 3.14. The number of hydrogen-bond acceptors (Lipinski definition) is 2. The van der Waals surface area contributed by atoms with Gasteiger partial charge in [0.1, 0.15) is 0 Å². The van der Waals surface area contributed by atoms with Crippen molar-refractivity contribution in [1.82, 2.24) is 4.57 Å². The molecule has 2 rings (SSSR count). The van der Waals surface area contributed by atoms with Gasteiger partial charge in [-0.25, -0.2) is 0 Å². The monoisotopic (exact) mass is 312 g/mol. The fraction of sp³-hybridized carbons (Fsp3) is 0.231. The van der Waals surface area contributed by atoms with Crippen LogP contribution in [0.3, 0.4) is 0 Å². The van der Waals surface area contributed by atoms with Crippen LogP contribution in [-0.2, 0) is 11.3 Å². The van der Waals surface area contributed by atoms with Gasteiger partial charge in [0.25, 0.3) is 0 Å². The number of hydrogen-bond donors (Lipinski definition) is 0. The molecule has 0 spiro atoms. The predicted molar refractivity (Wildman–Crippen MR) is 79.5 cm³/mol. The van der Waals surface area contributed by atoms with Crippen LogP contribution in [-0.4, -0.2) is 10.5 Å². The second-order valence-corrected chi connectivity index (χ2v) is 5.54. The van der Waals surface area contributed by atoms with Crippen LogP contribution in [0.2, 0.25) is 10.0 Å². The summed E-state index contributed by atoms with van der Waals surface area (Å²) in [6, 6.07) is 3.56. The van der Waals surface area contributed by atoms with Crippen molar-refractivity contribution in [2.75, 3.05) is 0 Å². The maximum atomic E-state index is 11.5. The second kappa shape index (κ2) is 5.79. The van der Waals surface area contributed by atoms with Crippen LogP contribution in [0.4, 0.5) is 0 Å². The van der Waals surface area contributed by atoms with Crippen LogP contribution < -0.4 is 4.80 Å². The number of halogens is 2. The first kappa shape index (κ1) is 14.1. The van der Waals surface area contributed by atoms with Crippen LogP contribution in [0.15, 0.2) is 17.1 Å². The third kappa shape index (κ3) is 2.69. The Kier molecular flexibility index (Phi) is 4.31. The van der Waals surface area contributed by atoms with E-state index in [1.54, 1.807) is 17.6 Å². The zero-order chi connectivity index (χ0) is 14.0. The SMILES string of the molecule is C#CCn1c(=NC(=O)CC)sc2ccc(Cl)c(Cl)c21. The average Bonchev–Trinajstić information content (AvgIpc) is 2.73. The summed E-state index contributed by atoms with van der Waals surface area (Å²) >= 11 is 13.6. The van der Waals surface area contributed by atoms with Gasteiger partial charge in [-0.05, 0) is 12.1 Å². The van der Waals surface area contributed by atoms with Crippen LogP contribution in [0.25, 0.3) is 10.2 Å². The van der Waals surface area contributed by atoms with Crippen LogP contribution in [0.1, 0.15) is 13.3 Å².